The zero-order valence-corrected chi connectivity index (χ0v) is 28.9. The van der Waals surface area contributed by atoms with E-state index in [1.807, 2.05) is 60.7 Å². The first kappa shape index (κ1) is 38.4. The highest BCUT2D eigenvalue weighted by Crippen LogP contribution is 2.30. The Kier molecular flexibility index (Phi) is 13.8. The molecular formula is C39H41N3O8. The topological polar surface area (TPSA) is 149 Å². The molecule has 4 aromatic rings. The van der Waals surface area contributed by atoms with Gasteiger partial charge in [-0.2, -0.15) is 9.59 Å². The molecule has 0 aromatic heterocycles. The van der Waals surface area contributed by atoms with Gasteiger partial charge >= 0.3 is 24.3 Å². The molecule has 0 radical (unpaired) electrons. The van der Waals surface area contributed by atoms with Crippen LogP contribution in [-0.4, -0.2) is 41.5 Å². The predicted molar refractivity (Wildman–Crippen MR) is 188 cm³/mol. The van der Waals surface area contributed by atoms with Gasteiger partial charge in [0, 0.05) is 0 Å². The standard InChI is InChI=1S/C38H41N3O6.CO2/c1-37(2,3)46-35(43)40-34(41-36(44)47-38(4,5)6)39-30-22-19-29(20-23-30)33(42)45-31-24-21-28(18-17-26-13-9-7-10-14-26)32(25-31)27-15-11-8-12-16-27;2-1-3/h7-16,19-25H,17-18H2,1-6H3,(H2,39,40,41,43,44);. The number of aryl methyl sites for hydroxylation is 2. The molecule has 0 aliphatic carbocycles. The second-order valence-corrected chi connectivity index (χ2v) is 12.9. The number of aliphatic imine (C=N–C) groups is 1. The molecule has 0 unspecified atom stereocenters. The molecule has 0 aliphatic rings. The summed E-state index contributed by atoms with van der Waals surface area (Å²) in [5.41, 5.74) is 3.53. The van der Waals surface area contributed by atoms with Gasteiger partial charge in [0.2, 0.25) is 5.96 Å². The van der Waals surface area contributed by atoms with Crippen molar-refractivity contribution in [1.29, 1.82) is 0 Å². The molecule has 2 amide bonds. The molecule has 0 heterocycles. The molecule has 0 bridgehead atoms. The first-order valence-electron chi connectivity index (χ1n) is 15.8. The maximum Gasteiger partial charge on any atom is 0.414 e. The van der Waals surface area contributed by atoms with Gasteiger partial charge in [-0.1, -0.05) is 66.7 Å². The molecule has 0 saturated carbocycles. The third-order valence-corrected chi connectivity index (χ3v) is 6.49. The number of carbonyl (C=O) groups excluding carboxylic acids is 5. The number of alkyl carbamates (subject to hydrolysis) is 2. The fourth-order valence-electron chi connectivity index (χ4n) is 4.50. The number of nitrogens with zero attached hydrogens (tertiary/aromatic N) is 1. The van der Waals surface area contributed by atoms with Crippen LogP contribution < -0.4 is 15.4 Å². The molecule has 4 rings (SSSR count). The minimum absolute atomic E-state index is 0.204. The summed E-state index contributed by atoms with van der Waals surface area (Å²) in [6, 6.07) is 32.2. The Labute approximate surface area is 291 Å². The number of rotatable bonds is 7. The Morgan fingerprint density at radius 1 is 0.680 bits per heavy atom. The van der Waals surface area contributed by atoms with Crippen LogP contribution in [0.3, 0.4) is 0 Å². The molecular weight excluding hydrogens is 638 g/mol. The van der Waals surface area contributed by atoms with Crippen molar-refractivity contribution in [3.05, 3.63) is 120 Å². The van der Waals surface area contributed by atoms with E-state index in [9.17, 15) is 14.4 Å². The fourth-order valence-corrected chi connectivity index (χ4v) is 4.50. The van der Waals surface area contributed by atoms with E-state index in [0.29, 0.717) is 17.0 Å². The predicted octanol–water partition coefficient (Wildman–Crippen LogP) is 7.81. The maximum atomic E-state index is 13.1. The van der Waals surface area contributed by atoms with Crippen molar-refractivity contribution in [2.45, 2.75) is 65.6 Å². The summed E-state index contributed by atoms with van der Waals surface area (Å²) < 4.78 is 16.4. The van der Waals surface area contributed by atoms with Gasteiger partial charge in [0.25, 0.3) is 0 Å². The van der Waals surface area contributed by atoms with E-state index in [0.717, 1.165) is 29.5 Å². The molecule has 50 heavy (non-hydrogen) atoms. The lowest BCUT2D eigenvalue weighted by molar-refractivity contribution is -0.191. The Morgan fingerprint density at radius 3 is 1.72 bits per heavy atom. The number of esters is 1. The highest BCUT2D eigenvalue weighted by atomic mass is 16.6. The highest BCUT2D eigenvalue weighted by molar-refractivity contribution is 6.02. The van der Waals surface area contributed by atoms with Crippen molar-refractivity contribution in [2.24, 2.45) is 4.99 Å². The normalized spacial score (nSPS) is 10.7. The lowest BCUT2D eigenvalue weighted by atomic mass is 9.95. The van der Waals surface area contributed by atoms with Gasteiger partial charge in [0.15, 0.2) is 0 Å². The molecule has 11 heteroatoms. The van der Waals surface area contributed by atoms with E-state index in [4.69, 9.17) is 23.8 Å². The lowest BCUT2D eigenvalue weighted by Crippen LogP contribution is -2.47. The van der Waals surface area contributed by atoms with Crippen LogP contribution in [0.5, 0.6) is 5.75 Å². The number of benzene rings is 4. The lowest BCUT2D eigenvalue weighted by Gasteiger charge is -2.22. The molecule has 2 N–H and O–H groups in total. The monoisotopic (exact) mass is 679 g/mol. The van der Waals surface area contributed by atoms with Crippen molar-refractivity contribution in [1.82, 2.24) is 10.6 Å². The van der Waals surface area contributed by atoms with E-state index >= 15 is 0 Å². The van der Waals surface area contributed by atoms with Crippen molar-refractivity contribution < 1.29 is 38.2 Å². The van der Waals surface area contributed by atoms with Crippen LogP contribution in [0, 0.1) is 0 Å². The minimum Gasteiger partial charge on any atom is -0.444 e. The van der Waals surface area contributed by atoms with Gasteiger partial charge < -0.3 is 14.2 Å². The minimum atomic E-state index is -0.812. The average Bonchev–Trinajstić information content (AvgIpc) is 3.04. The van der Waals surface area contributed by atoms with Crippen molar-refractivity contribution in [3.8, 4) is 16.9 Å². The Morgan fingerprint density at radius 2 is 1.20 bits per heavy atom. The highest BCUT2D eigenvalue weighted by Gasteiger charge is 2.21. The number of nitrogens with one attached hydrogen (secondary N) is 2. The molecule has 0 atom stereocenters. The van der Waals surface area contributed by atoms with E-state index in [2.05, 4.69) is 27.8 Å². The van der Waals surface area contributed by atoms with Crippen LogP contribution in [0.15, 0.2) is 108 Å². The first-order chi connectivity index (χ1) is 23.7. The van der Waals surface area contributed by atoms with Gasteiger partial charge in [-0.15, -0.1) is 0 Å². The summed E-state index contributed by atoms with van der Waals surface area (Å²) in [6.07, 6.45) is 0.344. The van der Waals surface area contributed by atoms with E-state index in [1.54, 1.807) is 71.9 Å². The fraction of sp³-hybridized carbons (Fsp3) is 0.256. The van der Waals surface area contributed by atoms with Gasteiger partial charge in [-0.05, 0) is 113 Å². The van der Waals surface area contributed by atoms with Crippen LogP contribution >= 0.6 is 0 Å². The van der Waals surface area contributed by atoms with Crippen LogP contribution in [0.4, 0.5) is 15.3 Å². The van der Waals surface area contributed by atoms with Crippen molar-refractivity contribution in [3.63, 3.8) is 0 Å². The summed E-state index contributed by atoms with van der Waals surface area (Å²) in [7, 11) is 0. The van der Waals surface area contributed by atoms with Crippen molar-refractivity contribution >= 4 is 36.0 Å². The Balaban J connectivity index is 0.00000217. The van der Waals surface area contributed by atoms with Gasteiger partial charge in [-0.25, -0.2) is 19.4 Å². The molecule has 4 aromatic carbocycles. The summed E-state index contributed by atoms with van der Waals surface area (Å²) in [5.74, 6) is -0.329. The van der Waals surface area contributed by atoms with Crippen LogP contribution in [0.1, 0.15) is 63.0 Å². The van der Waals surface area contributed by atoms with E-state index in [-0.39, 0.29) is 12.1 Å². The summed E-state index contributed by atoms with van der Waals surface area (Å²) in [4.78, 5) is 58.5. The summed E-state index contributed by atoms with van der Waals surface area (Å²) in [5, 5.41) is 4.87. The summed E-state index contributed by atoms with van der Waals surface area (Å²) >= 11 is 0. The average molecular weight is 680 g/mol. The third-order valence-electron chi connectivity index (χ3n) is 6.49. The maximum absolute atomic E-state index is 13.1. The number of amides is 2. The number of guanidine groups is 1. The Bertz CT molecular complexity index is 1770. The number of ether oxygens (including phenoxy) is 3. The second kappa shape index (κ2) is 17.9. The second-order valence-electron chi connectivity index (χ2n) is 12.9. The van der Waals surface area contributed by atoms with Gasteiger partial charge in [0.05, 0.1) is 11.3 Å². The smallest absolute Gasteiger partial charge is 0.414 e. The van der Waals surface area contributed by atoms with Crippen LogP contribution in [-0.2, 0) is 31.9 Å². The summed E-state index contributed by atoms with van der Waals surface area (Å²) in [6.45, 7) is 10.3. The van der Waals surface area contributed by atoms with Gasteiger partial charge in [-0.3, -0.25) is 10.6 Å². The third kappa shape index (κ3) is 13.6. The number of hydrogen-bond donors (Lipinski definition) is 2. The quantitative estimate of drug-likeness (QED) is 0.0869. The molecule has 260 valence electrons. The van der Waals surface area contributed by atoms with Gasteiger partial charge in [0.1, 0.15) is 17.0 Å². The first-order valence-corrected chi connectivity index (χ1v) is 15.8. The van der Waals surface area contributed by atoms with E-state index in [1.165, 1.54) is 5.56 Å². The number of carbonyl (C=O) groups is 3. The molecule has 0 spiro atoms. The van der Waals surface area contributed by atoms with Crippen LogP contribution in [0.2, 0.25) is 0 Å². The molecule has 11 nitrogen and oxygen atoms in total. The molecule has 0 saturated heterocycles. The molecule has 0 aliphatic heterocycles. The van der Waals surface area contributed by atoms with Crippen LogP contribution in [0.25, 0.3) is 11.1 Å². The van der Waals surface area contributed by atoms with Crippen molar-refractivity contribution in [2.75, 3.05) is 0 Å². The largest absolute Gasteiger partial charge is 0.444 e. The van der Waals surface area contributed by atoms with E-state index < -0.39 is 29.4 Å². The zero-order chi connectivity index (χ0) is 36.7. The number of hydrogen-bond acceptors (Lipinski definition) is 9. The Hall–Kier alpha value is -6.06. The molecule has 0 fully saturated rings. The zero-order valence-electron chi connectivity index (χ0n) is 28.9. The SMILES string of the molecule is CC(C)(C)OC(=O)NC(=Nc1ccc(C(=O)Oc2ccc(CCc3ccccc3)c(-c3ccccc3)c2)cc1)NC(=O)OC(C)(C)C.O=C=O.